The number of hydrogen-bond acceptors (Lipinski definition) is 9. The highest BCUT2D eigenvalue weighted by Gasteiger charge is 2.27. The number of benzene rings is 2. The number of hydrogen-bond donors (Lipinski definition) is 2. The number of sulfonamides is 1. The molecule has 1 aliphatic rings. The van der Waals surface area contributed by atoms with E-state index in [1.165, 1.54) is 23.5 Å². The maximum absolute atomic E-state index is 14.9. The largest absolute Gasteiger partial charge is 0.415 e. The van der Waals surface area contributed by atoms with Crippen LogP contribution < -0.4 is 10.0 Å². The summed E-state index contributed by atoms with van der Waals surface area (Å²) in [6.07, 6.45) is 4.44. The maximum atomic E-state index is 14.9. The summed E-state index contributed by atoms with van der Waals surface area (Å²) < 4.78 is 76.2. The number of nitrogens with zero attached hydrogens (tertiary/aromatic N) is 4. The van der Waals surface area contributed by atoms with Gasteiger partial charge in [-0.25, -0.2) is 41.3 Å². The Morgan fingerprint density at radius 2 is 1.87 bits per heavy atom. The predicted molar refractivity (Wildman–Crippen MR) is 174 cm³/mol. The molecule has 5 rings (SSSR count). The highest BCUT2D eigenvalue weighted by Crippen LogP contribution is 2.40. The summed E-state index contributed by atoms with van der Waals surface area (Å²) in [4.78, 5) is 27.8. The van der Waals surface area contributed by atoms with E-state index < -0.39 is 44.2 Å². The Kier molecular flexibility index (Phi) is 10.2. The average molecular weight is 687 g/mol. The van der Waals surface area contributed by atoms with E-state index in [1.54, 1.807) is 37.1 Å². The van der Waals surface area contributed by atoms with Gasteiger partial charge in [0.15, 0.2) is 0 Å². The lowest BCUT2D eigenvalue weighted by Crippen LogP contribution is -2.45. The normalized spacial score (nSPS) is 15.5. The maximum Gasteiger partial charge on any atom is 0.414 e. The molecule has 0 saturated carbocycles. The fraction of sp³-hybridized carbons (Fsp3) is 0.312. The Hall–Kier alpha value is -4.50. The van der Waals surface area contributed by atoms with Crippen molar-refractivity contribution in [2.75, 3.05) is 23.1 Å². The number of anilines is 2. The fourth-order valence-electron chi connectivity index (χ4n) is 4.85. The quantitative estimate of drug-likeness (QED) is 0.173. The third-order valence-corrected chi connectivity index (χ3v) is 10.1. The number of aromatic nitrogens is 3. The van der Waals surface area contributed by atoms with Gasteiger partial charge >= 0.3 is 6.09 Å². The van der Waals surface area contributed by atoms with E-state index in [4.69, 9.17) is 14.7 Å². The van der Waals surface area contributed by atoms with Crippen molar-refractivity contribution in [3.63, 3.8) is 0 Å². The Labute approximate surface area is 274 Å². The van der Waals surface area contributed by atoms with E-state index in [2.05, 4.69) is 10.3 Å². The minimum absolute atomic E-state index is 0.0282. The monoisotopic (exact) mass is 686 g/mol. The van der Waals surface area contributed by atoms with Gasteiger partial charge in [-0.3, -0.25) is 4.72 Å². The van der Waals surface area contributed by atoms with Crippen LogP contribution in [0.2, 0.25) is 0 Å². The van der Waals surface area contributed by atoms with Gasteiger partial charge in [0, 0.05) is 36.8 Å². The molecule has 0 bridgehead atoms. The van der Waals surface area contributed by atoms with Crippen molar-refractivity contribution in [3.05, 3.63) is 83.0 Å². The minimum atomic E-state index is -4.68. The van der Waals surface area contributed by atoms with Crippen LogP contribution in [0.3, 0.4) is 0 Å². The number of thiazole rings is 1. The zero-order valence-corrected chi connectivity index (χ0v) is 27.7. The standard InChI is InChI=1S/C32H33F3N6O4S2/c1-5-19(4)45-32(42)41-14-6-7-22(17-41)37-31-36-13-12-25(38-31)29-28(39-30(46-29)18(2)3)20-8-10-23(34)26(15-20)40-47(43,44)27-16-21(33)9-11-24(27)35/h5,8-13,15-16,18,22,40H,6-7,14,17H2,1-4H3,(H,36,37,38)/b19-5+/t22-/m0/s1. The molecule has 47 heavy (non-hydrogen) atoms. The van der Waals surface area contributed by atoms with E-state index >= 15 is 0 Å². The van der Waals surface area contributed by atoms with Crippen molar-refractivity contribution in [1.82, 2.24) is 19.9 Å². The zero-order chi connectivity index (χ0) is 33.9. The molecule has 15 heteroatoms. The summed E-state index contributed by atoms with van der Waals surface area (Å²) in [5.41, 5.74) is 0.844. The third-order valence-electron chi connectivity index (χ3n) is 7.36. The molecule has 10 nitrogen and oxygen atoms in total. The first-order valence-corrected chi connectivity index (χ1v) is 17.1. The smallest absolute Gasteiger partial charge is 0.414 e. The van der Waals surface area contributed by atoms with E-state index in [9.17, 15) is 26.4 Å². The van der Waals surface area contributed by atoms with Crippen LogP contribution in [-0.2, 0) is 14.8 Å². The summed E-state index contributed by atoms with van der Waals surface area (Å²) >= 11 is 1.38. The number of allylic oxidation sites excluding steroid dienone is 2. The number of piperidine rings is 1. The van der Waals surface area contributed by atoms with Gasteiger partial charge in [0.2, 0.25) is 5.95 Å². The van der Waals surface area contributed by atoms with Gasteiger partial charge in [-0.05, 0) is 75.2 Å². The molecule has 248 valence electrons. The molecule has 0 spiro atoms. The van der Waals surface area contributed by atoms with Crippen molar-refractivity contribution in [2.45, 2.75) is 57.4 Å². The lowest BCUT2D eigenvalue weighted by atomic mass is 10.1. The molecule has 1 saturated heterocycles. The third kappa shape index (κ3) is 7.91. The number of carbonyl (C=O) groups is 1. The molecule has 1 atom stereocenters. The van der Waals surface area contributed by atoms with E-state index in [0.29, 0.717) is 58.8 Å². The van der Waals surface area contributed by atoms with Crippen molar-refractivity contribution >= 4 is 39.1 Å². The first-order chi connectivity index (χ1) is 22.3. The SMILES string of the molecule is C/C=C(\C)OC(=O)N1CCC[C@H](Nc2nccc(-c3sc(C(C)C)nc3-c3ccc(F)c(NS(=O)(=O)c4cc(F)ccc4F)c3)n2)C1. The summed E-state index contributed by atoms with van der Waals surface area (Å²) in [6, 6.07) is 7.33. The van der Waals surface area contributed by atoms with Crippen LogP contribution in [-0.4, -0.2) is 53.5 Å². The number of carbonyl (C=O) groups excluding carboxylic acids is 1. The van der Waals surface area contributed by atoms with Crippen LogP contribution >= 0.6 is 11.3 Å². The molecule has 4 aromatic rings. The summed E-state index contributed by atoms with van der Waals surface area (Å²) in [7, 11) is -4.68. The van der Waals surface area contributed by atoms with E-state index in [1.807, 2.05) is 18.6 Å². The lowest BCUT2D eigenvalue weighted by molar-refractivity contribution is 0.117. The lowest BCUT2D eigenvalue weighted by Gasteiger charge is -2.32. The van der Waals surface area contributed by atoms with Gasteiger partial charge in [-0.2, -0.15) is 0 Å². The highest BCUT2D eigenvalue weighted by atomic mass is 32.2. The van der Waals surface area contributed by atoms with Crippen LogP contribution in [0.5, 0.6) is 0 Å². The second kappa shape index (κ2) is 14.1. The molecule has 0 unspecified atom stereocenters. The molecule has 0 aliphatic carbocycles. The van der Waals surface area contributed by atoms with Gasteiger partial charge in [-0.15, -0.1) is 11.3 Å². The highest BCUT2D eigenvalue weighted by molar-refractivity contribution is 7.92. The van der Waals surface area contributed by atoms with Crippen LogP contribution in [0.1, 0.15) is 51.5 Å². The Bertz CT molecular complexity index is 1930. The molecular weight excluding hydrogens is 654 g/mol. The molecule has 2 aromatic carbocycles. The molecule has 2 aromatic heterocycles. The van der Waals surface area contributed by atoms with Gasteiger partial charge in [0.25, 0.3) is 10.0 Å². The summed E-state index contributed by atoms with van der Waals surface area (Å²) in [6.45, 7) is 8.42. The number of rotatable bonds is 9. The van der Waals surface area contributed by atoms with Crippen molar-refractivity contribution in [1.29, 1.82) is 0 Å². The van der Waals surface area contributed by atoms with E-state index in [0.717, 1.165) is 30.0 Å². The Balaban J connectivity index is 1.44. The van der Waals surface area contributed by atoms with Crippen LogP contribution in [0.4, 0.5) is 29.6 Å². The Morgan fingerprint density at radius 3 is 2.62 bits per heavy atom. The average Bonchev–Trinajstić information content (AvgIpc) is 3.49. The Morgan fingerprint density at radius 1 is 1.11 bits per heavy atom. The van der Waals surface area contributed by atoms with Crippen LogP contribution in [0, 0.1) is 17.5 Å². The molecule has 1 amide bonds. The van der Waals surface area contributed by atoms with E-state index in [-0.39, 0.29) is 12.0 Å². The molecule has 3 heterocycles. The number of halogens is 3. The molecular formula is C32H33F3N6O4S2. The minimum Gasteiger partial charge on any atom is -0.415 e. The topological polar surface area (TPSA) is 126 Å². The van der Waals surface area contributed by atoms with Crippen molar-refractivity contribution in [3.8, 4) is 21.8 Å². The molecule has 1 aliphatic heterocycles. The first-order valence-electron chi connectivity index (χ1n) is 14.8. The second-order valence-electron chi connectivity index (χ2n) is 11.2. The van der Waals surface area contributed by atoms with Crippen molar-refractivity contribution in [2.24, 2.45) is 0 Å². The molecule has 1 fully saturated rings. The summed E-state index contributed by atoms with van der Waals surface area (Å²) in [5, 5.41) is 4.07. The van der Waals surface area contributed by atoms with Gasteiger partial charge < -0.3 is 15.0 Å². The zero-order valence-electron chi connectivity index (χ0n) is 26.1. The van der Waals surface area contributed by atoms with Crippen LogP contribution in [0.25, 0.3) is 21.8 Å². The van der Waals surface area contributed by atoms with Gasteiger partial charge in [0.05, 0.1) is 27.0 Å². The predicted octanol–water partition coefficient (Wildman–Crippen LogP) is 7.55. The van der Waals surface area contributed by atoms with Crippen LogP contribution in [0.15, 0.2) is 65.4 Å². The molecule has 0 radical (unpaired) electrons. The van der Waals surface area contributed by atoms with Gasteiger partial charge in [-0.1, -0.05) is 13.8 Å². The molecule has 2 N–H and O–H groups in total. The number of ether oxygens (including phenoxy) is 1. The fourth-order valence-corrected chi connectivity index (χ4v) is 7.05. The second-order valence-corrected chi connectivity index (χ2v) is 13.9. The van der Waals surface area contributed by atoms with Crippen molar-refractivity contribution < 1.29 is 31.1 Å². The number of likely N-dealkylation sites (tertiary alicyclic amines) is 1. The van der Waals surface area contributed by atoms with Gasteiger partial charge in [0.1, 0.15) is 28.1 Å². The first kappa shape index (κ1) is 33.9. The number of nitrogens with one attached hydrogen (secondary N) is 2. The summed E-state index contributed by atoms with van der Waals surface area (Å²) in [5.74, 6) is -2.18. The number of amides is 1.